The minimum absolute atomic E-state index is 0.0728. The molecule has 0 saturated carbocycles. The Morgan fingerprint density at radius 2 is 1.84 bits per heavy atom. The highest BCUT2D eigenvalue weighted by Gasteiger charge is 2.26. The van der Waals surface area contributed by atoms with Gasteiger partial charge >= 0.3 is 0 Å². The number of nitrogens with zero attached hydrogens (tertiary/aromatic N) is 1. The summed E-state index contributed by atoms with van der Waals surface area (Å²) >= 11 is 3.21. The topological polar surface area (TPSA) is 62.6 Å². The van der Waals surface area contributed by atoms with Crippen molar-refractivity contribution >= 4 is 27.7 Å². The average Bonchev–Trinajstić information content (AvgIpc) is 3.07. The van der Waals surface area contributed by atoms with E-state index >= 15 is 0 Å². The molecule has 2 heterocycles. The van der Waals surface area contributed by atoms with Gasteiger partial charge in [0.15, 0.2) is 10.4 Å². The predicted octanol–water partition coefficient (Wildman–Crippen LogP) is 3.40. The number of amides is 2. The van der Waals surface area contributed by atoms with Crippen LogP contribution in [0.1, 0.15) is 35.4 Å². The molecule has 0 bridgehead atoms. The summed E-state index contributed by atoms with van der Waals surface area (Å²) in [5.74, 6) is 0.320. The Hall–Kier alpha value is -2.08. The van der Waals surface area contributed by atoms with Crippen LogP contribution in [0.4, 0.5) is 0 Å². The van der Waals surface area contributed by atoms with Gasteiger partial charge in [-0.2, -0.15) is 0 Å². The summed E-state index contributed by atoms with van der Waals surface area (Å²) in [6, 6.07) is 13.5. The molecular weight excluding hydrogens is 384 g/mol. The van der Waals surface area contributed by atoms with E-state index in [0.29, 0.717) is 29.9 Å². The average molecular weight is 405 g/mol. The second-order valence-electron chi connectivity index (χ2n) is 6.22. The van der Waals surface area contributed by atoms with Gasteiger partial charge in [-0.1, -0.05) is 30.3 Å². The fraction of sp³-hybridized carbons (Fsp3) is 0.368. The summed E-state index contributed by atoms with van der Waals surface area (Å²) in [6.07, 6.45) is 2.77. The highest BCUT2D eigenvalue weighted by atomic mass is 79.9. The van der Waals surface area contributed by atoms with Gasteiger partial charge in [0, 0.05) is 25.6 Å². The summed E-state index contributed by atoms with van der Waals surface area (Å²) in [5.41, 5.74) is 1.17. The van der Waals surface area contributed by atoms with Crippen LogP contribution in [0.3, 0.4) is 0 Å². The van der Waals surface area contributed by atoms with Crippen LogP contribution in [0.2, 0.25) is 0 Å². The molecule has 132 valence electrons. The molecule has 0 radical (unpaired) electrons. The van der Waals surface area contributed by atoms with E-state index in [1.807, 2.05) is 30.3 Å². The van der Waals surface area contributed by atoms with E-state index in [0.717, 1.165) is 19.3 Å². The maximum Gasteiger partial charge on any atom is 0.289 e. The highest BCUT2D eigenvalue weighted by molar-refractivity contribution is 9.10. The lowest BCUT2D eigenvalue weighted by Crippen LogP contribution is -2.46. The van der Waals surface area contributed by atoms with E-state index in [1.165, 1.54) is 5.56 Å². The van der Waals surface area contributed by atoms with Crippen molar-refractivity contribution < 1.29 is 14.0 Å². The second-order valence-corrected chi connectivity index (χ2v) is 7.00. The number of furan rings is 1. The zero-order valence-corrected chi connectivity index (χ0v) is 15.5. The SMILES string of the molecule is O=C(CCc1ccccc1)NC1CCN(C(=O)c2ccc(Br)o2)CC1. The third-order valence-electron chi connectivity index (χ3n) is 4.41. The molecular formula is C19H21BrN2O3. The molecule has 0 atom stereocenters. The monoisotopic (exact) mass is 404 g/mol. The first kappa shape index (κ1) is 17.7. The molecule has 3 rings (SSSR count). The summed E-state index contributed by atoms with van der Waals surface area (Å²) < 4.78 is 5.87. The van der Waals surface area contributed by atoms with Gasteiger partial charge in [0.1, 0.15) is 0 Å². The number of halogens is 1. The van der Waals surface area contributed by atoms with E-state index in [4.69, 9.17) is 4.42 Å². The number of nitrogens with one attached hydrogen (secondary N) is 1. The number of carbonyl (C=O) groups excluding carboxylic acids is 2. The first-order valence-electron chi connectivity index (χ1n) is 8.50. The Labute approximate surface area is 155 Å². The molecule has 1 aliphatic rings. The Morgan fingerprint density at radius 1 is 1.12 bits per heavy atom. The second kappa shape index (κ2) is 8.34. The molecule has 1 aliphatic heterocycles. The van der Waals surface area contributed by atoms with Crippen LogP contribution in [-0.2, 0) is 11.2 Å². The Balaban J connectivity index is 1.41. The van der Waals surface area contributed by atoms with Gasteiger partial charge in [0.05, 0.1) is 0 Å². The van der Waals surface area contributed by atoms with Crippen molar-refractivity contribution in [3.8, 4) is 0 Å². The molecule has 1 saturated heterocycles. The molecule has 5 nitrogen and oxygen atoms in total. The van der Waals surface area contributed by atoms with Gasteiger partial charge in [-0.25, -0.2) is 0 Å². The lowest BCUT2D eigenvalue weighted by atomic mass is 10.0. The van der Waals surface area contributed by atoms with Crippen molar-refractivity contribution in [3.05, 3.63) is 58.5 Å². The van der Waals surface area contributed by atoms with E-state index in [2.05, 4.69) is 21.2 Å². The molecule has 1 fully saturated rings. The van der Waals surface area contributed by atoms with Crippen LogP contribution >= 0.6 is 15.9 Å². The number of rotatable bonds is 5. The molecule has 2 amide bonds. The molecule has 0 spiro atoms. The van der Waals surface area contributed by atoms with E-state index in [-0.39, 0.29) is 17.9 Å². The summed E-state index contributed by atoms with van der Waals surface area (Å²) in [5, 5.41) is 3.08. The zero-order valence-electron chi connectivity index (χ0n) is 13.9. The molecule has 1 aromatic heterocycles. The van der Waals surface area contributed by atoms with Crippen molar-refractivity contribution in [1.82, 2.24) is 10.2 Å². The Bertz CT molecular complexity index is 721. The molecule has 25 heavy (non-hydrogen) atoms. The summed E-state index contributed by atoms with van der Waals surface area (Å²) in [7, 11) is 0. The summed E-state index contributed by atoms with van der Waals surface area (Å²) in [6.45, 7) is 1.25. The third-order valence-corrected chi connectivity index (χ3v) is 4.84. The quantitative estimate of drug-likeness (QED) is 0.830. The molecule has 0 aliphatic carbocycles. The number of piperidine rings is 1. The minimum Gasteiger partial charge on any atom is -0.444 e. The molecule has 0 unspecified atom stereocenters. The number of carbonyl (C=O) groups is 2. The van der Waals surface area contributed by atoms with Crippen molar-refractivity contribution in [2.45, 2.75) is 31.7 Å². The number of likely N-dealkylation sites (tertiary alicyclic amines) is 1. The van der Waals surface area contributed by atoms with E-state index < -0.39 is 0 Å². The maximum absolute atomic E-state index is 12.3. The van der Waals surface area contributed by atoms with Gasteiger partial charge in [-0.05, 0) is 52.9 Å². The standard InChI is InChI=1S/C19H21BrN2O3/c20-17-8-7-16(25-17)19(24)22-12-10-15(11-13-22)21-18(23)9-6-14-4-2-1-3-5-14/h1-5,7-8,15H,6,9-13H2,(H,21,23). The van der Waals surface area contributed by atoms with Crippen molar-refractivity contribution in [1.29, 1.82) is 0 Å². The van der Waals surface area contributed by atoms with E-state index in [9.17, 15) is 9.59 Å². The number of aryl methyl sites for hydroxylation is 1. The van der Waals surface area contributed by atoms with Crippen LogP contribution in [0, 0.1) is 0 Å². The first-order valence-corrected chi connectivity index (χ1v) is 9.29. The van der Waals surface area contributed by atoms with Crippen LogP contribution in [0.15, 0.2) is 51.6 Å². The van der Waals surface area contributed by atoms with Gasteiger partial charge in [-0.3, -0.25) is 9.59 Å². The molecule has 1 aromatic carbocycles. The maximum atomic E-state index is 12.3. The van der Waals surface area contributed by atoms with Crippen molar-refractivity contribution in [2.75, 3.05) is 13.1 Å². The Morgan fingerprint density at radius 3 is 2.48 bits per heavy atom. The van der Waals surface area contributed by atoms with Gasteiger partial charge in [0.25, 0.3) is 5.91 Å². The normalized spacial score (nSPS) is 15.2. The van der Waals surface area contributed by atoms with Crippen molar-refractivity contribution in [2.24, 2.45) is 0 Å². The number of benzene rings is 1. The smallest absolute Gasteiger partial charge is 0.289 e. The zero-order chi connectivity index (χ0) is 17.6. The van der Waals surface area contributed by atoms with Crippen LogP contribution in [0.25, 0.3) is 0 Å². The fourth-order valence-corrected chi connectivity index (χ4v) is 3.32. The van der Waals surface area contributed by atoms with E-state index in [1.54, 1.807) is 17.0 Å². The number of hydrogen-bond donors (Lipinski definition) is 1. The van der Waals surface area contributed by atoms with Crippen LogP contribution in [-0.4, -0.2) is 35.8 Å². The number of hydrogen-bond acceptors (Lipinski definition) is 3. The largest absolute Gasteiger partial charge is 0.444 e. The lowest BCUT2D eigenvalue weighted by Gasteiger charge is -2.31. The Kier molecular flexibility index (Phi) is 5.91. The highest BCUT2D eigenvalue weighted by Crippen LogP contribution is 2.18. The van der Waals surface area contributed by atoms with Crippen LogP contribution < -0.4 is 5.32 Å². The fourth-order valence-electron chi connectivity index (χ4n) is 3.01. The van der Waals surface area contributed by atoms with Gasteiger partial charge in [-0.15, -0.1) is 0 Å². The minimum atomic E-state index is -0.0976. The summed E-state index contributed by atoms with van der Waals surface area (Å²) in [4.78, 5) is 26.2. The molecule has 6 heteroatoms. The van der Waals surface area contributed by atoms with Crippen LogP contribution in [0.5, 0.6) is 0 Å². The lowest BCUT2D eigenvalue weighted by molar-refractivity contribution is -0.122. The predicted molar refractivity (Wildman–Crippen MR) is 98.2 cm³/mol. The van der Waals surface area contributed by atoms with Gasteiger partial charge in [0.2, 0.25) is 5.91 Å². The van der Waals surface area contributed by atoms with Crippen molar-refractivity contribution in [3.63, 3.8) is 0 Å². The van der Waals surface area contributed by atoms with Gasteiger partial charge < -0.3 is 14.6 Å². The third kappa shape index (κ3) is 4.95. The molecule has 2 aromatic rings. The molecule has 1 N–H and O–H groups in total. The first-order chi connectivity index (χ1) is 12.1.